The number of hydrogen-bond acceptors (Lipinski definition) is 0. The van der Waals surface area contributed by atoms with Gasteiger partial charge in [-0.05, 0) is 108 Å². The van der Waals surface area contributed by atoms with Crippen LogP contribution in [0.1, 0.15) is 84.0 Å². The molecule has 0 N–H and O–H groups in total. The summed E-state index contributed by atoms with van der Waals surface area (Å²) in [7, 11) is 0. The summed E-state index contributed by atoms with van der Waals surface area (Å²) in [5.74, 6) is 3.73. The Bertz CT molecular complexity index is 359. The fraction of sp³-hybridized carbons (Fsp3) is 0.739. The highest BCUT2D eigenvalue weighted by atomic mass is 14.3. The lowest BCUT2D eigenvalue weighted by atomic mass is 9.79. The quantitative estimate of drug-likeness (QED) is 0.407. The monoisotopic (exact) mass is 314 g/mol. The van der Waals surface area contributed by atoms with Crippen LogP contribution in [0.25, 0.3) is 0 Å². The SMILES string of the molecule is C=CCCC1CCC(C=CCCC2CCC(C=CC)CC2)CC1. The van der Waals surface area contributed by atoms with Gasteiger partial charge in [-0.1, -0.05) is 30.4 Å². The first-order valence-corrected chi connectivity index (χ1v) is 10.2. The van der Waals surface area contributed by atoms with Crippen molar-refractivity contribution in [2.45, 2.75) is 84.0 Å². The fourth-order valence-corrected chi connectivity index (χ4v) is 4.59. The van der Waals surface area contributed by atoms with Crippen molar-refractivity contribution in [2.24, 2.45) is 23.7 Å². The van der Waals surface area contributed by atoms with Crippen molar-refractivity contribution in [3.63, 3.8) is 0 Å². The Balaban J connectivity index is 1.55. The summed E-state index contributed by atoms with van der Waals surface area (Å²) in [4.78, 5) is 0. The van der Waals surface area contributed by atoms with E-state index in [1.807, 2.05) is 0 Å². The molecule has 0 radical (unpaired) electrons. The van der Waals surface area contributed by atoms with Crippen LogP contribution in [0.3, 0.4) is 0 Å². The van der Waals surface area contributed by atoms with Gasteiger partial charge in [-0.15, -0.1) is 6.58 Å². The number of hydrogen-bond donors (Lipinski definition) is 0. The van der Waals surface area contributed by atoms with E-state index in [0.29, 0.717) is 0 Å². The predicted molar refractivity (Wildman–Crippen MR) is 104 cm³/mol. The van der Waals surface area contributed by atoms with Crippen LogP contribution < -0.4 is 0 Å². The Morgan fingerprint density at radius 1 is 0.739 bits per heavy atom. The number of allylic oxidation sites excluding steroid dienone is 5. The molecule has 2 aliphatic carbocycles. The third kappa shape index (κ3) is 7.10. The minimum absolute atomic E-state index is 0.875. The van der Waals surface area contributed by atoms with Crippen LogP contribution in [-0.2, 0) is 0 Å². The van der Waals surface area contributed by atoms with Crippen LogP contribution in [0.2, 0.25) is 0 Å². The highest BCUT2D eigenvalue weighted by Gasteiger charge is 2.20. The Labute approximate surface area is 145 Å². The molecule has 0 aromatic carbocycles. The summed E-state index contributed by atoms with van der Waals surface area (Å²) < 4.78 is 0. The zero-order valence-electron chi connectivity index (χ0n) is 15.4. The second-order valence-electron chi connectivity index (χ2n) is 7.96. The van der Waals surface area contributed by atoms with E-state index in [1.54, 1.807) is 0 Å². The van der Waals surface area contributed by atoms with E-state index in [9.17, 15) is 0 Å². The summed E-state index contributed by atoms with van der Waals surface area (Å²) in [6.45, 7) is 6.00. The molecule has 0 bridgehead atoms. The molecule has 2 aliphatic rings. The van der Waals surface area contributed by atoms with Crippen molar-refractivity contribution in [1.82, 2.24) is 0 Å². The Hall–Kier alpha value is -0.780. The molecule has 0 heterocycles. The molecule has 0 saturated heterocycles. The largest absolute Gasteiger partial charge is 0.103 e. The van der Waals surface area contributed by atoms with E-state index in [4.69, 9.17) is 0 Å². The van der Waals surface area contributed by atoms with Gasteiger partial charge in [-0.25, -0.2) is 0 Å². The van der Waals surface area contributed by atoms with Crippen LogP contribution >= 0.6 is 0 Å². The maximum Gasteiger partial charge on any atom is -0.0233 e. The molecule has 2 fully saturated rings. The molecule has 0 atom stereocenters. The second-order valence-corrected chi connectivity index (χ2v) is 7.96. The first kappa shape index (κ1) is 18.6. The first-order chi connectivity index (χ1) is 11.3. The summed E-state index contributed by atoms with van der Waals surface area (Å²) in [5, 5.41) is 0. The molecule has 0 aliphatic heterocycles. The normalized spacial score (nSPS) is 32.6. The Kier molecular flexibility index (Phi) is 8.79. The lowest BCUT2D eigenvalue weighted by Gasteiger charge is -2.27. The van der Waals surface area contributed by atoms with Gasteiger partial charge in [0.2, 0.25) is 0 Å². The Morgan fingerprint density at radius 3 is 1.78 bits per heavy atom. The van der Waals surface area contributed by atoms with Gasteiger partial charge in [0.05, 0.1) is 0 Å². The zero-order chi connectivity index (χ0) is 16.3. The van der Waals surface area contributed by atoms with Gasteiger partial charge in [0.25, 0.3) is 0 Å². The highest BCUT2D eigenvalue weighted by Crippen LogP contribution is 2.34. The average Bonchev–Trinajstić information content (AvgIpc) is 2.59. The maximum absolute atomic E-state index is 3.85. The van der Waals surface area contributed by atoms with E-state index in [-0.39, 0.29) is 0 Å². The standard InChI is InChI=1S/C23H38/c1-3-5-9-21-16-18-23(19-17-21)11-7-6-10-22-14-12-20(8-4-2)13-15-22/h3-4,7-8,11,20-23H,1,5-6,9-10,12-19H2,2H3. The molecule has 2 saturated carbocycles. The molecule has 0 unspecified atom stereocenters. The topological polar surface area (TPSA) is 0 Å². The molecule has 130 valence electrons. The minimum Gasteiger partial charge on any atom is -0.103 e. The molecular formula is C23H38. The highest BCUT2D eigenvalue weighted by molar-refractivity contribution is 4.93. The Morgan fingerprint density at radius 2 is 1.26 bits per heavy atom. The molecule has 0 aromatic heterocycles. The molecule has 0 aromatic rings. The van der Waals surface area contributed by atoms with Gasteiger partial charge in [0.15, 0.2) is 0 Å². The fourth-order valence-electron chi connectivity index (χ4n) is 4.59. The van der Waals surface area contributed by atoms with E-state index in [1.165, 1.54) is 77.0 Å². The zero-order valence-corrected chi connectivity index (χ0v) is 15.4. The van der Waals surface area contributed by atoms with E-state index < -0.39 is 0 Å². The lowest BCUT2D eigenvalue weighted by Crippen LogP contribution is -2.13. The summed E-state index contributed by atoms with van der Waals surface area (Å²) in [6, 6.07) is 0. The van der Waals surface area contributed by atoms with Crippen molar-refractivity contribution in [3.8, 4) is 0 Å². The van der Waals surface area contributed by atoms with Gasteiger partial charge < -0.3 is 0 Å². The minimum atomic E-state index is 0.875. The second kappa shape index (κ2) is 10.9. The third-order valence-electron chi connectivity index (χ3n) is 6.18. The van der Waals surface area contributed by atoms with Gasteiger partial charge in [-0.2, -0.15) is 0 Å². The van der Waals surface area contributed by atoms with Crippen LogP contribution in [-0.4, -0.2) is 0 Å². The van der Waals surface area contributed by atoms with Gasteiger partial charge >= 0.3 is 0 Å². The molecule has 0 nitrogen and oxygen atoms in total. The summed E-state index contributed by atoms with van der Waals surface area (Å²) in [5.41, 5.74) is 0. The number of rotatable bonds is 8. The van der Waals surface area contributed by atoms with Gasteiger partial charge in [-0.3, -0.25) is 0 Å². The van der Waals surface area contributed by atoms with Crippen LogP contribution in [0, 0.1) is 23.7 Å². The van der Waals surface area contributed by atoms with Gasteiger partial charge in [0.1, 0.15) is 0 Å². The smallest absolute Gasteiger partial charge is 0.0233 e. The van der Waals surface area contributed by atoms with Crippen LogP contribution in [0.5, 0.6) is 0 Å². The summed E-state index contributed by atoms with van der Waals surface area (Å²) in [6.07, 6.45) is 28.6. The third-order valence-corrected chi connectivity index (χ3v) is 6.18. The van der Waals surface area contributed by atoms with Crippen LogP contribution in [0.4, 0.5) is 0 Å². The van der Waals surface area contributed by atoms with Crippen molar-refractivity contribution in [1.29, 1.82) is 0 Å². The van der Waals surface area contributed by atoms with Crippen molar-refractivity contribution >= 4 is 0 Å². The maximum atomic E-state index is 3.85. The van der Waals surface area contributed by atoms with Gasteiger partial charge in [0, 0.05) is 0 Å². The van der Waals surface area contributed by atoms with Crippen molar-refractivity contribution in [3.05, 3.63) is 37.0 Å². The van der Waals surface area contributed by atoms with E-state index >= 15 is 0 Å². The summed E-state index contributed by atoms with van der Waals surface area (Å²) >= 11 is 0. The van der Waals surface area contributed by atoms with E-state index in [2.05, 4.69) is 43.9 Å². The molecule has 2 rings (SSSR count). The predicted octanol–water partition coefficient (Wildman–Crippen LogP) is 7.48. The average molecular weight is 315 g/mol. The molecule has 0 heteroatoms. The van der Waals surface area contributed by atoms with Crippen molar-refractivity contribution in [2.75, 3.05) is 0 Å². The van der Waals surface area contributed by atoms with E-state index in [0.717, 1.165) is 23.7 Å². The molecule has 0 spiro atoms. The molecular weight excluding hydrogens is 276 g/mol. The first-order valence-electron chi connectivity index (χ1n) is 10.2. The molecule has 0 amide bonds. The lowest BCUT2D eigenvalue weighted by molar-refractivity contribution is 0.293. The van der Waals surface area contributed by atoms with Crippen molar-refractivity contribution < 1.29 is 0 Å². The van der Waals surface area contributed by atoms with Crippen LogP contribution in [0.15, 0.2) is 37.0 Å². The molecule has 23 heavy (non-hydrogen) atoms.